The Morgan fingerprint density at radius 1 is 1.15 bits per heavy atom. The Labute approximate surface area is 198 Å². The molecule has 186 valence electrons. The molecule has 0 aromatic carbocycles. The normalized spacial score (nSPS) is 19.1. The molecule has 2 aliphatic rings. The summed E-state index contributed by atoms with van der Waals surface area (Å²) in [7, 11) is 0. The van der Waals surface area contributed by atoms with Crippen molar-refractivity contribution in [3.63, 3.8) is 0 Å². The van der Waals surface area contributed by atoms with Crippen molar-refractivity contribution in [1.82, 2.24) is 20.1 Å². The third-order valence-corrected chi connectivity index (χ3v) is 6.86. The summed E-state index contributed by atoms with van der Waals surface area (Å²) in [5.41, 5.74) is -0.874. The Kier molecular flexibility index (Phi) is 9.06. The highest BCUT2D eigenvalue weighted by atomic mass is 35.5. The molecular weight excluding hydrogens is 459 g/mol. The van der Waals surface area contributed by atoms with Crippen LogP contribution in [0.5, 0.6) is 0 Å². The molecule has 11 heteroatoms. The number of carbonyl (C=O) groups is 1. The lowest BCUT2D eigenvalue weighted by Crippen LogP contribution is -2.56. The average Bonchev–Trinajstić information content (AvgIpc) is 2.81. The molecule has 1 aromatic rings. The molecule has 2 amide bonds. The quantitative estimate of drug-likeness (QED) is 0.630. The first kappa shape index (κ1) is 25.8. The van der Waals surface area contributed by atoms with E-state index in [1.165, 1.54) is 0 Å². The summed E-state index contributed by atoms with van der Waals surface area (Å²) in [6.07, 6.45) is -1.59. The second-order valence-electron chi connectivity index (χ2n) is 8.48. The third-order valence-electron chi connectivity index (χ3n) is 6.59. The maximum Gasteiger partial charge on any atom is 0.417 e. The lowest BCUT2D eigenvalue weighted by molar-refractivity contribution is -0.137. The highest BCUT2D eigenvalue weighted by Gasteiger charge is 2.33. The van der Waals surface area contributed by atoms with Crippen LogP contribution in [0.15, 0.2) is 12.3 Å². The Morgan fingerprint density at radius 3 is 2.33 bits per heavy atom. The third kappa shape index (κ3) is 6.64. The smallest absolute Gasteiger partial charge is 0.379 e. The Bertz CT molecular complexity index is 780. The fourth-order valence-corrected chi connectivity index (χ4v) is 4.87. The number of alkyl halides is 3. The number of rotatable bonds is 7. The van der Waals surface area contributed by atoms with E-state index in [4.69, 9.17) is 16.3 Å². The summed E-state index contributed by atoms with van der Waals surface area (Å²) in [5, 5.41) is 3.07. The lowest BCUT2D eigenvalue weighted by atomic mass is 9.92. The molecule has 2 aliphatic heterocycles. The maximum absolute atomic E-state index is 12.9. The van der Waals surface area contributed by atoms with Crippen LogP contribution in [0.25, 0.3) is 0 Å². The van der Waals surface area contributed by atoms with Gasteiger partial charge in [0.15, 0.2) is 0 Å². The van der Waals surface area contributed by atoms with E-state index in [1.54, 1.807) is 4.90 Å². The van der Waals surface area contributed by atoms with Gasteiger partial charge < -0.3 is 19.9 Å². The molecule has 1 N–H and O–H groups in total. The zero-order valence-electron chi connectivity index (χ0n) is 19.2. The molecule has 2 fully saturated rings. The summed E-state index contributed by atoms with van der Waals surface area (Å²) < 4.78 is 44.0. The van der Waals surface area contributed by atoms with Crippen molar-refractivity contribution in [2.24, 2.45) is 5.92 Å². The van der Waals surface area contributed by atoms with E-state index in [2.05, 4.69) is 29.0 Å². The van der Waals surface area contributed by atoms with E-state index in [9.17, 15) is 18.0 Å². The van der Waals surface area contributed by atoms with Crippen molar-refractivity contribution < 1.29 is 22.7 Å². The molecule has 0 bridgehead atoms. The maximum atomic E-state index is 12.9. The van der Waals surface area contributed by atoms with Gasteiger partial charge in [-0.3, -0.25) is 4.90 Å². The van der Waals surface area contributed by atoms with Crippen LogP contribution in [-0.2, 0) is 10.9 Å². The highest BCUT2D eigenvalue weighted by Crippen LogP contribution is 2.33. The highest BCUT2D eigenvalue weighted by molar-refractivity contribution is 6.33. The molecule has 1 unspecified atom stereocenters. The Morgan fingerprint density at radius 2 is 1.79 bits per heavy atom. The van der Waals surface area contributed by atoms with E-state index < -0.39 is 11.7 Å². The van der Waals surface area contributed by atoms with Gasteiger partial charge in [-0.15, -0.1) is 0 Å². The first-order valence-corrected chi connectivity index (χ1v) is 11.9. The fraction of sp³-hybridized carbons (Fsp3) is 0.727. The molecule has 33 heavy (non-hydrogen) atoms. The Balaban J connectivity index is 1.54. The summed E-state index contributed by atoms with van der Waals surface area (Å²) in [6.45, 7) is 9.91. The van der Waals surface area contributed by atoms with Gasteiger partial charge in [0, 0.05) is 58.1 Å². The minimum Gasteiger partial charge on any atom is -0.379 e. The minimum atomic E-state index is -4.49. The first-order valence-electron chi connectivity index (χ1n) is 11.6. The van der Waals surface area contributed by atoms with Crippen LogP contribution in [0.1, 0.15) is 32.3 Å². The first-order chi connectivity index (χ1) is 15.7. The van der Waals surface area contributed by atoms with Crippen LogP contribution in [0.3, 0.4) is 0 Å². The SMILES string of the molecule is CCC(CC)C(CNC(=O)N1CCN(c2ncc(C(F)(F)F)cc2Cl)CC1)N1CCOCC1. The van der Waals surface area contributed by atoms with Gasteiger partial charge in [-0.2, -0.15) is 13.2 Å². The number of ether oxygens (including phenoxy) is 1. The van der Waals surface area contributed by atoms with Crippen LogP contribution in [0.4, 0.5) is 23.8 Å². The number of urea groups is 1. The number of hydrogen-bond donors (Lipinski definition) is 1. The number of anilines is 1. The standard InChI is InChI=1S/C22H33ClF3N5O2/c1-3-16(4-2)19(29-9-11-33-12-10-29)15-28-21(32)31-7-5-30(6-8-31)20-18(23)13-17(14-27-20)22(24,25)26/h13-14,16,19H,3-12,15H2,1-2H3,(H,28,32). The molecule has 0 radical (unpaired) electrons. The molecule has 0 aliphatic carbocycles. The van der Waals surface area contributed by atoms with Crippen molar-refractivity contribution in [1.29, 1.82) is 0 Å². The van der Waals surface area contributed by atoms with Crippen LogP contribution < -0.4 is 10.2 Å². The van der Waals surface area contributed by atoms with Crippen molar-refractivity contribution >= 4 is 23.4 Å². The number of nitrogens with zero attached hydrogens (tertiary/aromatic N) is 4. The molecule has 1 aromatic heterocycles. The van der Waals surface area contributed by atoms with Gasteiger partial charge >= 0.3 is 12.2 Å². The van der Waals surface area contributed by atoms with Crippen molar-refractivity contribution in [3.8, 4) is 0 Å². The van der Waals surface area contributed by atoms with Crippen LogP contribution in [0.2, 0.25) is 5.02 Å². The summed E-state index contributed by atoms with van der Waals surface area (Å²) in [4.78, 5) is 22.7. The number of pyridine rings is 1. The second-order valence-corrected chi connectivity index (χ2v) is 8.89. The minimum absolute atomic E-state index is 0.0405. The van der Waals surface area contributed by atoms with Gasteiger partial charge in [0.1, 0.15) is 5.82 Å². The number of amides is 2. The van der Waals surface area contributed by atoms with Crippen LogP contribution in [-0.4, -0.2) is 85.9 Å². The molecule has 3 heterocycles. The molecule has 1 atom stereocenters. The van der Waals surface area contributed by atoms with E-state index in [0.717, 1.165) is 38.2 Å². The van der Waals surface area contributed by atoms with E-state index in [0.29, 0.717) is 57.7 Å². The van der Waals surface area contributed by atoms with Gasteiger partial charge in [0.25, 0.3) is 0 Å². The molecule has 3 rings (SSSR count). The van der Waals surface area contributed by atoms with Gasteiger partial charge in [0.2, 0.25) is 0 Å². The van der Waals surface area contributed by atoms with Crippen LogP contribution >= 0.6 is 11.6 Å². The fourth-order valence-electron chi connectivity index (χ4n) is 4.58. The van der Waals surface area contributed by atoms with Crippen molar-refractivity contribution in [3.05, 3.63) is 22.8 Å². The number of hydrogen-bond acceptors (Lipinski definition) is 5. The summed E-state index contributed by atoms with van der Waals surface area (Å²) >= 11 is 6.07. The number of morpholine rings is 1. The number of nitrogens with one attached hydrogen (secondary N) is 1. The molecule has 2 saturated heterocycles. The topological polar surface area (TPSA) is 60.9 Å². The van der Waals surface area contributed by atoms with E-state index in [1.807, 2.05) is 4.90 Å². The largest absolute Gasteiger partial charge is 0.417 e. The van der Waals surface area contributed by atoms with Crippen molar-refractivity contribution in [2.75, 3.05) is 63.9 Å². The number of piperazine rings is 1. The zero-order chi connectivity index (χ0) is 24.0. The zero-order valence-corrected chi connectivity index (χ0v) is 20.0. The molecule has 0 saturated carbocycles. The van der Waals surface area contributed by atoms with Crippen molar-refractivity contribution in [2.45, 2.75) is 38.9 Å². The van der Waals surface area contributed by atoms with Gasteiger partial charge in [-0.25, -0.2) is 9.78 Å². The number of aromatic nitrogens is 1. The number of halogens is 4. The predicted molar refractivity (Wildman–Crippen MR) is 122 cm³/mol. The molecule has 0 spiro atoms. The van der Waals surface area contributed by atoms with Gasteiger partial charge in [0.05, 0.1) is 23.8 Å². The monoisotopic (exact) mass is 491 g/mol. The average molecular weight is 492 g/mol. The van der Waals surface area contributed by atoms with Gasteiger partial charge in [-0.05, 0) is 12.0 Å². The summed E-state index contributed by atoms with van der Waals surface area (Å²) in [5.74, 6) is 0.805. The number of carbonyl (C=O) groups excluding carboxylic acids is 1. The molecular formula is C22H33ClF3N5O2. The van der Waals surface area contributed by atoms with E-state index >= 15 is 0 Å². The summed E-state index contributed by atoms with van der Waals surface area (Å²) in [6, 6.07) is 1.04. The predicted octanol–water partition coefficient (Wildman–Crippen LogP) is 3.72. The van der Waals surface area contributed by atoms with Crippen LogP contribution in [0, 0.1) is 5.92 Å². The Hall–Kier alpha value is -1.78. The lowest BCUT2D eigenvalue weighted by Gasteiger charge is -2.40. The molecule has 7 nitrogen and oxygen atoms in total. The van der Waals surface area contributed by atoms with E-state index in [-0.39, 0.29) is 17.1 Å². The second kappa shape index (κ2) is 11.6. The van der Waals surface area contributed by atoms with Gasteiger partial charge in [-0.1, -0.05) is 38.3 Å².